The van der Waals surface area contributed by atoms with Crippen LogP contribution in [0.15, 0.2) is 73.1 Å². The Kier molecular flexibility index (Phi) is 6.31. The van der Waals surface area contributed by atoms with Crippen molar-refractivity contribution in [3.8, 4) is 5.75 Å². The van der Waals surface area contributed by atoms with Gasteiger partial charge in [0.2, 0.25) is 5.78 Å². The third-order valence-electron chi connectivity index (χ3n) is 5.09. The zero-order chi connectivity index (χ0) is 22.5. The summed E-state index contributed by atoms with van der Waals surface area (Å²) in [5.41, 5.74) is 3.79. The van der Waals surface area contributed by atoms with Crippen LogP contribution in [0, 0.1) is 6.92 Å². The molecule has 0 fully saturated rings. The fourth-order valence-electron chi connectivity index (χ4n) is 3.57. The second kappa shape index (κ2) is 9.47. The maximum Gasteiger partial charge on any atom is 0.344 e. The topological polar surface area (TPSA) is 70.4 Å². The van der Waals surface area contributed by atoms with Gasteiger partial charge in [0.25, 0.3) is 0 Å². The number of rotatable bonds is 8. The van der Waals surface area contributed by atoms with Crippen molar-refractivity contribution < 1.29 is 19.1 Å². The molecule has 0 amide bonds. The minimum atomic E-state index is -0.473. The molecule has 6 heteroatoms. The molecule has 162 valence electrons. The number of aromatic nitrogens is 2. The van der Waals surface area contributed by atoms with Crippen LogP contribution in [0.4, 0.5) is 0 Å². The van der Waals surface area contributed by atoms with Crippen LogP contribution >= 0.6 is 0 Å². The molecule has 32 heavy (non-hydrogen) atoms. The van der Waals surface area contributed by atoms with Gasteiger partial charge in [0.1, 0.15) is 5.75 Å². The number of pyridine rings is 1. The average Bonchev–Trinajstić information content (AvgIpc) is 3.25. The van der Waals surface area contributed by atoms with Gasteiger partial charge < -0.3 is 14.0 Å². The number of carbonyl (C=O) groups excluding carboxylic acids is 2. The largest absolute Gasteiger partial charge is 0.481 e. The van der Waals surface area contributed by atoms with Gasteiger partial charge in [-0.1, -0.05) is 24.3 Å². The van der Waals surface area contributed by atoms with Crippen molar-refractivity contribution in [3.05, 3.63) is 95.4 Å². The summed E-state index contributed by atoms with van der Waals surface area (Å²) >= 11 is 0. The van der Waals surface area contributed by atoms with Crippen LogP contribution in [0.2, 0.25) is 0 Å². The third-order valence-corrected chi connectivity index (χ3v) is 5.09. The molecule has 2 aromatic heterocycles. The molecule has 0 aliphatic rings. The number of hydrogen-bond acceptors (Lipinski definition) is 5. The second-order valence-electron chi connectivity index (χ2n) is 7.48. The van der Waals surface area contributed by atoms with Crippen LogP contribution in [0.3, 0.4) is 0 Å². The Balaban J connectivity index is 1.59. The van der Waals surface area contributed by atoms with E-state index in [-0.39, 0.29) is 19.0 Å². The lowest BCUT2D eigenvalue weighted by atomic mass is 10.0. The van der Waals surface area contributed by atoms with Crippen LogP contribution in [0.1, 0.15) is 34.1 Å². The highest BCUT2D eigenvalue weighted by Crippen LogP contribution is 2.24. The van der Waals surface area contributed by atoms with Crippen molar-refractivity contribution in [3.63, 3.8) is 0 Å². The van der Waals surface area contributed by atoms with E-state index in [2.05, 4.69) is 11.1 Å². The summed E-state index contributed by atoms with van der Waals surface area (Å²) in [5.74, 6) is -0.287. The Labute approximate surface area is 186 Å². The number of carbonyl (C=O) groups is 2. The third kappa shape index (κ3) is 4.70. The van der Waals surface area contributed by atoms with Gasteiger partial charge in [0.15, 0.2) is 6.61 Å². The predicted octanol–water partition coefficient (Wildman–Crippen LogP) is 4.57. The quantitative estimate of drug-likeness (QED) is 0.304. The fourth-order valence-corrected chi connectivity index (χ4v) is 3.57. The minimum Gasteiger partial charge on any atom is -0.481 e. The van der Waals surface area contributed by atoms with Gasteiger partial charge in [0.05, 0.1) is 23.4 Å². The van der Waals surface area contributed by atoms with E-state index >= 15 is 0 Å². The van der Waals surface area contributed by atoms with E-state index in [1.54, 1.807) is 25.1 Å². The molecule has 0 saturated carbocycles. The molecule has 0 aliphatic heterocycles. The molecule has 4 aromatic rings. The van der Waals surface area contributed by atoms with Gasteiger partial charge in [0, 0.05) is 24.3 Å². The van der Waals surface area contributed by atoms with Crippen LogP contribution in [0.25, 0.3) is 10.9 Å². The number of benzene rings is 2. The van der Waals surface area contributed by atoms with E-state index < -0.39 is 5.97 Å². The maximum absolute atomic E-state index is 13.4. The van der Waals surface area contributed by atoms with E-state index in [9.17, 15) is 9.59 Å². The number of nitrogens with zero attached hydrogens (tertiary/aromatic N) is 2. The normalized spacial score (nSPS) is 10.8. The molecule has 2 heterocycles. The second-order valence-corrected chi connectivity index (χ2v) is 7.48. The van der Waals surface area contributed by atoms with Gasteiger partial charge in [-0.25, -0.2) is 4.79 Å². The number of esters is 1. The Bertz CT molecular complexity index is 1280. The number of para-hydroxylation sites is 1. The summed E-state index contributed by atoms with van der Waals surface area (Å²) < 4.78 is 12.5. The molecular formula is C26H24N2O4. The van der Waals surface area contributed by atoms with Crippen molar-refractivity contribution >= 4 is 22.7 Å². The van der Waals surface area contributed by atoms with Crippen LogP contribution in [-0.2, 0) is 16.1 Å². The molecule has 0 N–H and O–H groups in total. The summed E-state index contributed by atoms with van der Waals surface area (Å²) in [6.07, 6.45) is 3.70. The van der Waals surface area contributed by atoms with Crippen molar-refractivity contribution in [1.82, 2.24) is 9.55 Å². The summed E-state index contributed by atoms with van der Waals surface area (Å²) in [6, 6.07) is 19.0. The average molecular weight is 428 g/mol. The molecule has 4 rings (SSSR count). The lowest BCUT2D eigenvalue weighted by Crippen LogP contribution is -2.17. The zero-order valence-electron chi connectivity index (χ0n) is 18.1. The van der Waals surface area contributed by atoms with E-state index in [1.807, 2.05) is 60.3 Å². The minimum absolute atomic E-state index is 0.178. The highest BCUT2D eigenvalue weighted by molar-refractivity contribution is 6.10. The lowest BCUT2D eigenvalue weighted by Gasteiger charge is -2.13. The molecular weight excluding hydrogens is 404 g/mol. The maximum atomic E-state index is 13.4. The molecule has 0 spiro atoms. The molecule has 6 nitrogen and oxygen atoms in total. The van der Waals surface area contributed by atoms with Gasteiger partial charge in [-0.15, -0.1) is 0 Å². The summed E-state index contributed by atoms with van der Waals surface area (Å²) in [7, 11) is 0. The molecule has 0 aliphatic carbocycles. The van der Waals surface area contributed by atoms with E-state index in [4.69, 9.17) is 9.47 Å². The van der Waals surface area contributed by atoms with Crippen molar-refractivity contribution in [1.29, 1.82) is 0 Å². The van der Waals surface area contributed by atoms with Crippen LogP contribution < -0.4 is 4.74 Å². The standard InChI is InChI=1S/C26H24N2O4/c1-3-31-25(29)17-32-24-13-18(2)10-11-21(24)26(30)23-9-6-12-28(23)16-19-14-20-7-4-5-8-22(20)27-15-19/h4-15H,3,16-17H2,1-2H3. The molecule has 0 atom stereocenters. The van der Waals surface area contributed by atoms with E-state index in [0.717, 1.165) is 22.0 Å². The first kappa shape index (κ1) is 21.3. The molecule has 0 radical (unpaired) electrons. The van der Waals surface area contributed by atoms with Gasteiger partial charge in [-0.2, -0.15) is 0 Å². The van der Waals surface area contributed by atoms with E-state index in [1.165, 1.54) is 0 Å². The monoisotopic (exact) mass is 428 g/mol. The van der Waals surface area contributed by atoms with Crippen LogP contribution in [0.5, 0.6) is 5.75 Å². The number of ketones is 1. The predicted molar refractivity (Wildman–Crippen MR) is 122 cm³/mol. The number of hydrogen-bond donors (Lipinski definition) is 0. The Hall–Kier alpha value is -3.93. The first-order valence-corrected chi connectivity index (χ1v) is 10.5. The summed E-state index contributed by atoms with van der Waals surface area (Å²) in [6.45, 7) is 4.18. The van der Waals surface area contributed by atoms with Crippen molar-refractivity contribution in [2.24, 2.45) is 0 Å². The Morgan fingerprint density at radius 1 is 1.03 bits per heavy atom. The first-order valence-electron chi connectivity index (χ1n) is 10.5. The first-order chi connectivity index (χ1) is 15.5. The molecule has 0 unspecified atom stereocenters. The number of ether oxygens (including phenoxy) is 2. The number of fused-ring (bicyclic) bond motifs is 1. The van der Waals surface area contributed by atoms with Gasteiger partial charge >= 0.3 is 5.97 Å². The zero-order valence-corrected chi connectivity index (χ0v) is 18.1. The van der Waals surface area contributed by atoms with Gasteiger partial charge in [-0.05, 0) is 61.4 Å². The Morgan fingerprint density at radius 3 is 2.72 bits per heavy atom. The van der Waals surface area contributed by atoms with E-state index in [0.29, 0.717) is 23.6 Å². The van der Waals surface area contributed by atoms with Gasteiger partial charge in [-0.3, -0.25) is 9.78 Å². The fraction of sp³-hybridized carbons (Fsp3) is 0.192. The highest BCUT2D eigenvalue weighted by Gasteiger charge is 2.19. The Morgan fingerprint density at radius 2 is 1.88 bits per heavy atom. The van der Waals surface area contributed by atoms with Crippen LogP contribution in [-0.4, -0.2) is 34.5 Å². The highest BCUT2D eigenvalue weighted by atomic mass is 16.6. The van der Waals surface area contributed by atoms with Crippen molar-refractivity contribution in [2.45, 2.75) is 20.4 Å². The lowest BCUT2D eigenvalue weighted by molar-refractivity contribution is -0.145. The molecule has 2 aromatic carbocycles. The van der Waals surface area contributed by atoms with Crippen molar-refractivity contribution in [2.75, 3.05) is 13.2 Å². The summed E-state index contributed by atoms with van der Waals surface area (Å²) in [4.78, 5) is 29.6. The molecule has 0 saturated heterocycles. The molecule has 0 bridgehead atoms. The summed E-state index contributed by atoms with van der Waals surface area (Å²) in [5, 5.41) is 1.05. The SMILES string of the molecule is CCOC(=O)COc1cc(C)ccc1C(=O)c1cccn1Cc1cnc2ccccc2c1. The smallest absolute Gasteiger partial charge is 0.344 e. The number of aryl methyl sites for hydroxylation is 1.